The van der Waals surface area contributed by atoms with Crippen LogP contribution in [-0.2, 0) is 32.9 Å². The topological polar surface area (TPSA) is 83.6 Å². The third kappa shape index (κ3) is 3.64. The number of nitrogens with zero attached hydrogens (tertiary/aromatic N) is 1. The highest BCUT2D eigenvalue weighted by molar-refractivity contribution is 7.92. The highest BCUT2D eigenvalue weighted by atomic mass is 32.2. The molecule has 1 aliphatic rings. The molecule has 0 amide bonds. The number of aryl methyl sites for hydroxylation is 1. The summed E-state index contributed by atoms with van der Waals surface area (Å²) in [6, 6.07) is 11.7. The quantitative estimate of drug-likeness (QED) is 0.863. The summed E-state index contributed by atoms with van der Waals surface area (Å²) in [4.78, 5) is 0.197. The van der Waals surface area contributed by atoms with Crippen LogP contribution >= 0.6 is 0 Å². The molecule has 0 fully saturated rings. The Morgan fingerprint density at radius 2 is 1.72 bits per heavy atom. The maximum absolute atomic E-state index is 12.5. The molecule has 134 valence electrons. The summed E-state index contributed by atoms with van der Waals surface area (Å²) in [6.07, 6.45) is 2.57. The predicted octanol–water partition coefficient (Wildman–Crippen LogP) is 2.37. The fourth-order valence-corrected chi connectivity index (χ4v) is 4.91. The first-order chi connectivity index (χ1) is 11.7. The fraction of sp³-hybridized carbons (Fsp3) is 0.294. The minimum atomic E-state index is -3.68. The van der Waals surface area contributed by atoms with Crippen LogP contribution in [0.4, 0.5) is 11.4 Å². The lowest BCUT2D eigenvalue weighted by atomic mass is 10.1. The number of nitrogens with one attached hydrogen (secondary N) is 1. The molecule has 0 radical (unpaired) electrons. The van der Waals surface area contributed by atoms with Crippen LogP contribution in [0.15, 0.2) is 47.4 Å². The van der Waals surface area contributed by atoms with Crippen LogP contribution in [0.1, 0.15) is 18.1 Å². The van der Waals surface area contributed by atoms with Gasteiger partial charge in [-0.05, 0) is 54.3 Å². The highest BCUT2D eigenvalue weighted by Crippen LogP contribution is 2.32. The van der Waals surface area contributed by atoms with Gasteiger partial charge < -0.3 is 0 Å². The minimum Gasteiger partial charge on any atom is -0.280 e. The SMILES string of the molecule is CCc1ccc(S(=O)(=O)Nc2ccc3c(c2)CCN3S(C)(=O)=O)cc1. The van der Waals surface area contributed by atoms with E-state index in [4.69, 9.17) is 0 Å². The van der Waals surface area contributed by atoms with E-state index < -0.39 is 20.0 Å². The number of hydrogen-bond acceptors (Lipinski definition) is 4. The summed E-state index contributed by atoms with van der Waals surface area (Å²) in [7, 11) is -7.00. The molecule has 0 unspecified atom stereocenters. The molecule has 0 atom stereocenters. The van der Waals surface area contributed by atoms with Gasteiger partial charge in [0, 0.05) is 12.2 Å². The molecule has 25 heavy (non-hydrogen) atoms. The Kier molecular flexibility index (Phi) is 4.51. The molecule has 1 aliphatic heterocycles. The zero-order valence-electron chi connectivity index (χ0n) is 14.1. The largest absolute Gasteiger partial charge is 0.280 e. The van der Waals surface area contributed by atoms with Gasteiger partial charge in [0.1, 0.15) is 0 Å². The number of fused-ring (bicyclic) bond motifs is 1. The van der Waals surface area contributed by atoms with Gasteiger partial charge in [0.2, 0.25) is 10.0 Å². The van der Waals surface area contributed by atoms with Crippen molar-refractivity contribution in [1.82, 2.24) is 0 Å². The Hall–Kier alpha value is -2.06. The average Bonchev–Trinajstić information content (AvgIpc) is 2.98. The van der Waals surface area contributed by atoms with Crippen molar-refractivity contribution in [1.29, 1.82) is 0 Å². The van der Waals surface area contributed by atoms with Crippen molar-refractivity contribution in [3.8, 4) is 0 Å². The molecular formula is C17H20N2O4S2. The monoisotopic (exact) mass is 380 g/mol. The van der Waals surface area contributed by atoms with Gasteiger partial charge in [-0.15, -0.1) is 0 Å². The number of sulfonamides is 2. The van der Waals surface area contributed by atoms with E-state index >= 15 is 0 Å². The van der Waals surface area contributed by atoms with Crippen LogP contribution in [0.25, 0.3) is 0 Å². The van der Waals surface area contributed by atoms with Crippen LogP contribution < -0.4 is 9.03 Å². The fourth-order valence-electron chi connectivity index (χ4n) is 2.90. The molecule has 8 heteroatoms. The van der Waals surface area contributed by atoms with Crippen molar-refractivity contribution >= 4 is 31.4 Å². The standard InChI is InChI=1S/C17H20N2O4S2/c1-3-13-4-7-16(8-5-13)25(22,23)18-15-6-9-17-14(12-15)10-11-19(17)24(2,20)21/h4-9,12,18H,3,10-11H2,1-2H3. The Labute approximate surface area is 148 Å². The molecule has 6 nitrogen and oxygen atoms in total. The van der Waals surface area contributed by atoms with Crippen molar-refractivity contribution in [2.24, 2.45) is 0 Å². The molecule has 3 rings (SSSR count). The summed E-state index contributed by atoms with van der Waals surface area (Å²) in [6.45, 7) is 2.38. The molecule has 1 heterocycles. The third-order valence-electron chi connectivity index (χ3n) is 4.23. The number of benzene rings is 2. The van der Waals surface area contributed by atoms with E-state index in [1.165, 1.54) is 10.6 Å². The van der Waals surface area contributed by atoms with Gasteiger partial charge in [-0.3, -0.25) is 9.03 Å². The lowest BCUT2D eigenvalue weighted by Crippen LogP contribution is -2.27. The molecule has 0 aromatic heterocycles. The van der Waals surface area contributed by atoms with Crippen LogP contribution in [0.3, 0.4) is 0 Å². The molecule has 0 saturated heterocycles. The van der Waals surface area contributed by atoms with Crippen LogP contribution in [0, 0.1) is 0 Å². The average molecular weight is 380 g/mol. The summed E-state index contributed by atoms with van der Waals surface area (Å²) in [5, 5.41) is 0. The molecule has 0 saturated carbocycles. The summed E-state index contributed by atoms with van der Waals surface area (Å²) in [5.74, 6) is 0. The van der Waals surface area contributed by atoms with Gasteiger partial charge >= 0.3 is 0 Å². The van der Waals surface area contributed by atoms with Gasteiger partial charge in [-0.1, -0.05) is 19.1 Å². The minimum absolute atomic E-state index is 0.197. The van der Waals surface area contributed by atoms with Crippen molar-refractivity contribution in [2.45, 2.75) is 24.7 Å². The Bertz CT molecular complexity index is 997. The van der Waals surface area contributed by atoms with E-state index in [-0.39, 0.29) is 4.90 Å². The van der Waals surface area contributed by atoms with E-state index in [1.54, 1.807) is 42.5 Å². The predicted molar refractivity (Wildman–Crippen MR) is 99.0 cm³/mol. The summed E-state index contributed by atoms with van der Waals surface area (Å²) < 4.78 is 52.4. The Morgan fingerprint density at radius 3 is 2.32 bits per heavy atom. The Balaban J connectivity index is 1.86. The second-order valence-electron chi connectivity index (χ2n) is 6.03. The third-order valence-corrected chi connectivity index (χ3v) is 6.80. The number of rotatable bonds is 5. The zero-order valence-corrected chi connectivity index (χ0v) is 15.7. The van der Waals surface area contributed by atoms with Crippen LogP contribution in [-0.4, -0.2) is 29.6 Å². The lowest BCUT2D eigenvalue weighted by Gasteiger charge is -2.16. The van der Waals surface area contributed by atoms with Crippen LogP contribution in [0.2, 0.25) is 0 Å². The van der Waals surface area contributed by atoms with E-state index in [0.717, 1.165) is 17.5 Å². The first-order valence-electron chi connectivity index (χ1n) is 7.93. The normalized spacial score (nSPS) is 14.4. The molecular weight excluding hydrogens is 360 g/mol. The molecule has 0 aliphatic carbocycles. The van der Waals surface area contributed by atoms with Gasteiger partial charge in [0.05, 0.1) is 16.8 Å². The van der Waals surface area contributed by atoms with Crippen molar-refractivity contribution in [3.05, 3.63) is 53.6 Å². The molecule has 1 N–H and O–H groups in total. The lowest BCUT2D eigenvalue weighted by molar-refractivity contribution is 0.597. The van der Waals surface area contributed by atoms with E-state index in [9.17, 15) is 16.8 Å². The maximum atomic E-state index is 12.5. The Morgan fingerprint density at radius 1 is 1.04 bits per heavy atom. The second kappa shape index (κ2) is 6.34. The molecule has 2 aromatic rings. The maximum Gasteiger partial charge on any atom is 0.261 e. The van der Waals surface area contributed by atoms with Gasteiger partial charge in [0.15, 0.2) is 0 Å². The van der Waals surface area contributed by atoms with Gasteiger partial charge in [-0.2, -0.15) is 0 Å². The van der Waals surface area contributed by atoms with E-state index in [2.05, 4.69) is 4.72 Å². The van der Waals surface area contributed by atoms with Gasteiger partial charge in [0.25, 0.3) is 10.0 Å². The first kappa shape index (κ1) is 17.8. The second-order valence-corrected chi connectivity index (χ2v) is 9.62. The molecule has 0 bridgehead atoms. The zero-order chi connectivity index (χ0) is 18.2. The number of anilines is 2. The van der Waals surface area contributed by atoms with E-state index in [1.807, 2.05) is 6.92 Å². The van der Waals surface area contributed by atoms with Crippen LogP contribution in [0.5, 0.6) is 0 Å². The molecule has 2 aromatic carbocycles. The van der Waals surface area contributed by atoms with Crippen molar-refractivity contribution < 1.29 is 16.8 Å². The van der Waals surface area contributed by atoms with E-state index in [0.29, 0.717) is 24.3 Å². The number of hydrogen-bond donors (Lipinski definition) is 1. The van der Waals surface area contributed by atoms with Crippen molar-refractivity contribution in [3.63, 3.8) is 0 Å². The molecule has 0 spiro atoms. The smallest absolute Gasteiger partial charge is 0.261 e. The summed E-state index contributed by atoms with van der Waals surface area (Å²) >= 11 is 0. The first-order valence-corrected chi connectivity index (χ1v) is 11.3. The highest BCUT2D eigenvalue weighted by Gasteiger charge is 2.26. The van der Waals surface area contributed by atoms with Crippen molar-refractivity contribution in [2.75, 3.05) is 21.8 Å². The van der Waals surface area contributed by atoms with Gasteiger partial charge in [-0.25, -0.2) is 16.8 Å². The summed E-state index contributed by atoms with van der Waals surface area (Å²) in [5.41, 5.74) is 2.91.